The molecule has 0 atom stereocenters. The van der Waals surface area contributed by atoms with Crippen molar-refractivity contribution >= 4 is 57.1 Å². The molecule has 148 valence electrons. The zero-order valence-corrected chi connectivity index (χ0v) is 17.6. The number of halogens is 1. The smallest absolute Gasteiger partial charge is 0.341 e. The number of thiophene rings is 1. The summed E-state index contributed by atoms with van der Waals surface area (Å²) in [6.07, 6.45) is 2.78. The Kier molecular flexibility index (Phi) is 6.38. The van der Waals surface area contributed by atoms with E-state index in [0.29, 0.717) is 21.3 Å². The highest BCUT2D eigenvalue weighted by Crippen LogP contribution is 2.39. The summed E-state index contributed by atoms with van der Waals surface area (Å²) in [5.41, 5.74) is 6.89. The van der Waals surface area contributed by atoms with E-state index in [1.54, 1.807) is 12.1 Å². The first kappa shape index (κ1) is 20.4. The van der Waals surface area contributed by atoms with Gasteiger partial charge in [-0.25, -0.2) is 4.79 Å². The number of carbonyl (C=O) groups excluding carboxylic acids is 2. The van der Waals surface area contributed by atoms with Crippen LogP contribution >= 0.6 is 35.2 Å². The first-order valence-electron chi connectivity index (χ1n) is 8.38. The molecule has 0 saturated heterocycles. The van der Waals surface area contributed by atoms with E-state index in [1.807, 2.05) is 0 Å². The van der Waals surface area contributed by atoms with E-state index in [-0.39, 0.29) is 10.7 Å². The number of amides is 1. The van der Waals surface area contributed by atoms with Gasteiger partial charge in [0.25, 0.3) is 5.91 Å². The molecule has 0 unspecified atom stereocenters. The number of rotatable bonds is 4. The molecule has 1 aromatic heterocycles. The van der Waals surface area contributed by atoms with Gasteiger partial charge in [0.05, 0.1) is 25.3 Å². The number of anilines is 1. The van der Waals surface area contributed by atoms with Crippen molar-refractivity contribution in [2.45, 2.75) is 19.3 Å². The molecule has 7 nitrogen and oxygen atoms in total. The Morgan fingerprint density at radius 3 is 2.71 bits per heavy atom. The minimum absolute atomic E-state index is 0.138. The SMILES string of the molecule is COC(=O)c1c(NC(=S)NNC(=O)c2cc(Cl)ccc2OC)sc2c1CCC2. The maximum Gasteiger partial charge on any atom is 0.341 e. The van der Waals surface area contributed by atoms with Gasteiger partial charge < -0.3 is 14.8 Å². The lowest BCUT2D eigenvalue weighted by molar-refractivity contribution is 0.0601. The average molecular weight is 440 g/mol. The molecule has 1 aliphatic carbocycles. The third-order valence-electron chi connectivity index (χ3n) is 4.23. The molecule has 10 heteroatoms. The van der Waals surface area contributed by atoms with Gasteiger partial charge >= 0.3 is 5.97 Å². The number of benzene rings is 1. The number of ether oxygens (including phenoxy) is 2. The Morgan fingerprint density at radius 1 is 1.21 bits per heavy atom. The van der Waals surface area contributed by atoms with Crippen molar-refractivity contribution in [1.82, 2.24) is 10.9 Å². The molecular weight excluding hydrogens is 422 g/mol. The second-order valence-corrected chi connectivity index (χ2v) is 7.88. The first-order chi connectivity index (χ1) is 13.4. The highest BCUT2D eigenvalue weighted by Gasteiger charge is 2.27. The molecule has 1 aliphatic rings. The summed E-state index contributed by atoms with van der Waals surface area (Å²) in [7, 11) is 2.81. The maximum atomic E-state index is 12.4. The number of carbonyl (C=O) groups is 2. The van der Waals surface area contributed by atoms with Crippen LogP contribution in [0.1, 0.15) is 37.6 Å². The molecule has 0 fully saturated rings. The zero-order valence-electron chi connectivity index (χ0n) is 15.2. The molecule has 1 amide bonds. The van der Waals surface area contributed by atoms with E-state index in [9.17, 15) is 9.59 Å². The van der Waals surface area contributed by atoms with Crippen molar-refractivity contribution in [3.8, 4) is 5.75 Å². The van der Waals surface area contributed by atoms with Crippen molar-refractivity contribution in [2.75, 3.05) is 19.5 Å². The van der Waals surface area contributed by atoms with Gasteiger partial charge in [0, 0.05) is 9.90 Å². The highest BCUT2D eigenvalue weighted by atomic mass is 35.5. The Morgan fingerprint density at radius 2 is 2.00 bits per heavy atom. The summed E-state index contributed by atoms with van der Waals surface area (Å²) in [5, 5.41) is 4.11. The van der Waals surface area contributed by atoms with Crippen LogP contribution in [-0.2, 0) is 17.6 Å². The summed E-state index contributed by atoms with van der Waals surface area (Å²) in [6.45, 7) is 0. The molecular formula is C18H18ClN3O4S2. The number of fused-ring (bicyclic) bond motifs is 1. The molecule has 1 aromatic carbocycles. The van der Waals surface area contributed by atoms with Gasteiger partial charge in [-0.05, 0) is 55.2 Å². The zero-order chi connectivity index (χ0) is 20.3. The second-order valence-electron chi connectivity index (χ2n) is 5.93. The van der Waals surface area contributed by atoms with Gasteiger partial charge in [0.1, 0.15) is 10.8 Å². The fraction of sp³-hybridized carbons (Fsp3) is 0.278. The summed E-state index contributed by atoms with van der Waals surface area (Å²) in [4.78, 5) is 25.7. The molecule has 28 heavy (non-hydrogen) atoms. The van der Waals surface area contributed by atoms with Crippen LogP contribution in [0.25, 0.3) is 0 Å². The number of hydrazine groups is 1. The van der Waals surface area contributed by atoms with E-state index < -0.39 is 11.9 Å². The molecule has 0 spiro atoms. The van der Waals surface area contributed by atoms with Crippen LogP contribution in [0.5, 0.6) is 5.75 Å². The van der Waals surface area contributed by atoms with Crippen molar-refractivity contribution < 1.29 is 19.1 Å². The van der Waals surface area contributed by atoms with Crippen LogP contribution in [0.3, 0.4) is 0 Å². The molecule has 0 saturated carbocycles. The van der Waals surface area contributed by atoms with Crippen LogP contribution in [0.2, 0.25) is 5.02 Å². The van der Waals surface area contributed by atoms with Crippen molar-refractivity contribution in [2.24, 2.45) is 0 Å². The monoisotopic (exact) mass is 439 g/mol. The lowest BCUT2D eigenvalue weighted by atomic mass is 10.1. The quantitative estimate of drug-likeness (QED) is 0.382. The number of thiocarbonyl (C=S) groups is 1. The van der Waals surface area contributed by atoms with Crippen LogP contribution < -0.4 is 20.9 Å². The summed E-state index contributed by atoms with van der Waals surface area (Å²) in [6, 6.07) is 4.72. The number of aryl methyl sites for hydroxylation is 1. The Bertz CT molecular complexity index is 945. The highest BCUT2D eigenvalue weighted by molar-refractivity contribution is 7.80. The van der Waals surface area contributed by atoms with Gasteiger partial charge in [0.15, 0.2) is 5.11 Å². The van der Waals surface area contributed by atoms with Crippen LogP contribution in [0.15, 0.2) is 18.2 Å². The van der Waals surface area contributed by atoms with Gasteiger partial charge in [-0.15, -0.1) is 11.3 Å². The number of esters is 1. The topological polar surface area (TPSA) is 88.7 Å². The number of nitrogens with one attached hydrogen (secondary N) is 3. The van der Waals surface area contributed by atoms with E-state index in [0.717, 1.165) is 29.7 Å². The van der Waals surface area contributed by atoms with Crippen LogP contribution in [-0.4, -0.2) is 31.2 Å². The second kappa shape index (κ2) is 8.76. The number of hydrogen-bond donors (Lipinski definition) is 3. The summed E-state index contributed by atoms with van der Waals surface area (Å²) < 4.78 is 10.1. The van der Waals surface area contributed by atoms with E-state index in [4.69, 9.17) is 33.3 Å². The van der Waals surface area contributed by atoms with Crippen LogP contribution in [0.4, 0.5) is 5.00 Å². The lowest BCUT2D eigenvalue weighted by Crippen LogP contribution is -2.43. The Labute approximate surface area is 176 Å². The van der Waals surface area contributed by atoms with E-state index >= 15 is 0 Å². The molecule has 0 bridgehead atoms. The summed E-state index contributed by atoms with van der Waals surface area (Å²) in [5.74, 6) is -0.493. The van der Waals surface area contributed by atoms with Gasteiger partial charge in [-0.3, -0.25) is 15.6 Å². The molecule has 0 aliphatic heterocycles. The third-order valence-corrected chi connectivity index (χ3v) is 5.88. The Balaban J connectivity index is 1.68. The van der Waals surface area contributed by atoms with Gasteiger partial charge in [-0.1, -0.05) is 11.6 Å². The Hall–Kier alpha value is -2.36. The minimum Gasteiger partial charge on any atom is -0.496 e. The molecule has 0 radical (unpaired) electrons. The predicted octanol–water partition coefficient (Wildman–Crippen LogP) is 3.32. The van der Waals surface area contributed by atoms with Gasteiger partial charge in [0.2, 0.25) is 0 Å². The fourth-order valence-corrected chi connectivity index (χ4v) is 4.65. The van der Waals surface area contributed by atoms with Crippen molar-refractivity contribution in [3.63, 3.8) is 0 Å². The minimum atomic E-state index is -0.467. The number of methoxy groups -OCH3 is 2. The standard InChI is InChI=1S/C18H18ClN3O4S2/c1-25-12-7-6-9(19)8-11(12)15(23)21-22-18(27)20-16-14(17(24)26-2)10-4-3-5-13(10)28-16/h6-8H,3-5H2,1-2H3,(H,21,23)(H2,20,22,27). The van der Waals surface area contributed by atoms with Crippen LogP contribution in [0, 0.1) is 0 Å². The van der Waals surface area contributed by atoms with Crippen molar-refractivity contribution in [1.29, 1.82) is 0 Å². The molecule has 2 aromatic rings. The van der Waals surface area contributed by atoms with E-state index in [2.05, 4.69) is 16.2 Å². The molecule has 3 rings (SSSR count). The summed E-state index contributed by atoms with van der Waals surface area (Å²) >= 11 is 12.7. The largest absolute Gasteiger partial charge is 0.496 e. The molecule has 3 N–H and O–H groups in total. The van der Waals surface area contributed by atoms with E-state index in [1.165, 1.54) is 31.6 Å². The first-order valence-corrected chi connectivity index (χ1v) is 9.98. The number of hydrogen-bond acceptors (Lipinski definition) is 6. The normalized spacial score (nSPS) is 12.1. The van der Waals surface area contributed by atoms with Crippen molar-refractivity contribution in [3.05, 3.63) is 44.8 Å². The third kappa shape index (κ3) is 4.21. The predicted molar refractivity (Wildman–Crippen MR) is 113 cm³/mol. The maximum absolute atomic E-state index is 12.4. The fourth-order valence-electron chi connectivity index (χ4n) is 2.98. The average Bonchev–Trinajstić information content (AvgIpc) is 3.26. The van der Waals surface area contributed by atoms with Gasteiger partial charge in [-0.2, -0.15) is 0 Å². The lowest BCUT2D eigenvalue weighted by Gasteiger charge is -2.13. The molecule has 1 heterocycles.